The number of nitrogens with one attached hydrogen (secondary N) is 1. The number of carbonyl (C=O) groups is 1. The van der Waals surface area contributed by atoms with Crippen LogP contribution in [0.4, 0.5) is 0 Å². The van der Waals surface area contributed by atoms with E-state index in [4.69, 9.17) is 0 Å². The van der Waals surface area contributed by atoms with Gasteiger partial charge in [-0.25, -0.2) is 9.89 Å². The molecule has 34 heavy (non-hydrogen) atoms. The molecule has 176 valence electrons. The Morgan fingerprint density at radius 3 is 2.38 bits per heavy atom. The smallest absolute Gasteiger partial charge is 0.296 e. The van der Waals surface area contributed by atoms with Crippen LogP contribution in [0.2, 0.25) is 0 Å². The summed E-state index contributed by atoms with van der Waals surface area (Å²) in [7, 11) is 0. The van der Waals surface area contributed by atoms with E-state index in [1.54, 1.807) is 9.13 Å². The molecule has 0 atom stereocenters. The van der Waals surface area contributed by atoms with E-state index < -0.39 is 0 Å². The highest BCUT2D eigenvalue weighted by Crippen LogP contribution is 2.30. The predicted octanol–water partition coefficient (Wildman–Crippen LogP) is 4.36. The monoisotopic (exact) mass is 458 g/mol. The molecule has 0 fully saturated rings. The molecule has 0 aliphatic rings. The molecule has 8 heteroatoms. The van der Waals surface area contributed by atoms with Crippen molar-refractivity contribution in [3.05, 3.63) is 76.0 Å². The molecule has 0 saturated carbocycles. The summed E-state index contributed by atoms with van der Waals surface area (Å²) in [5, 5.41) is 14.2. The van der Waals surface area contributed by atoms with Crippen LogP contribution in [0.3, 0.4) is 0 Å². The molecule has 4 aromatic rings. The Balaban J connectivity index is 1.67. The molecule has 1 N–H and O–H groups in total. The van der Waals surface area contributed by atoms with Crippen molar-refractivity contribution in [3.63, 3.8) is 0 Å². The molecule has 0 bridgehead atoms. The number of carbonyl (C=O) groups excluding carboxylic acids is 1. The number of aromatic nitrogens is 6. The van der Waals surface area contributed by atoms with Gasteiger partial charge >= 0.3 is 5.69 Å². The number of nitrogens with zero attached hydrogens (tertiary/aromatic N) is 5. The molecular formula is C26H30N6O2. The lowest BCUT2D eigenvalue weighted by molar-refractivity contribution is 0.111. The van der Waals surface area contributed by atoms with Gasteiger partial charge < -0.3 is 0 Å². The second-order valence-corrected chi connectivity index (χ2v) is 8.90. The number of tetrazole rings is 1. The molecule has 0 amide bonds. The summed E-state index contributed by atoms with van der Waals surface area (Å²) in [5.41, 5.74) is 5.18. The van der Waals surface area contributed by atoms with Gasteiger partial charge in [0.25, 0.3) is 0 Å². The van der Waals surface area contributed by atoms with Crippen molar-refractivity contribution < 1.29 is 4.79 Å². The Kier molecular flexibility index (Phi) is 7.15. The van der Waals surface area contributed by atoms with Crippen molar-refractivity contribution in [2.24, 2.45) is 5.92 Å². The first-order valence-electron chi connectivity index (χ1n) is 11.7. The SMILES string of the molecule is CCCn1c(C=O)c(CCC(C)C)n(Cc2ccc(-c3ccccc3-c3nnn[nH]3)cc2)c1=O. The number of benzene rings is 2. The third-order valence-corrected chi connectivity index (χ3v) is 6.02. The van der Waals surface area contributed by atoms with Gasteiger partial charge in [-0.15, -0.1) is 5.10 Å². The van der Waals surface area contributed by atoms with Crippen molar-refractivity contribution in [3.8, 4) is 22.5 Å². The van der Waals surface area contributed by atoms with Gasteiger partial charge in [0.1, 0.15) is 5.69 Å². The van der Waals surface area contributed by atoms with Crippen LogP contribution in [-0.4, -0.2) is 36.0 Å². The molecule has 0 saturated heterocycles. The molecule has 4 rings (SSSR count). The van der Waals surface area contributed by atoms with E-state index in [9.17, 15) is 9.59 Å². The summed E-state index contributed by atoms with van der Waals surface area (Å²) < 4.78 is 3.39. The fraction of sp³-hybridized carbons (Fsp3) is 0.346. The molecule has 2 heterocycles. The maximum absolute atomic E-state index is 13.2. The lowest BCUT2D eigenvalue weighted by Crippen LogP contribution is -2.26. The molecule has 2 aromatic heterocycles. The van der Waals surface area contributed by atoms with Gasteiger partial charge in [0, 0.05) is 12.1 Å². The van der Waals surface area contributed by atoms with Crippen LogP contribution >= 0.6 is 0 Å². The summed E-state index contributed by atoms with van der Waals surface area (Å²) >= 11 is 0. The van der Waals surface area contributed by atoms with Gasteiger partial charge in [-0.3, -0.25) is 13.9 Å². The Morgan fingerprint density at radius 2 is 1.76 bits per heavy atom. The Labute approximate surface area is 198 Å². The first-order valence-corrected chi connectivity index (χ1v) is 11.7. The average molecular weight is 459 g/mol. The van der Waals surface area contributed by atoms with Crippen molar-refractivity contribution in [2.45, 2.75) is 53.1 Å². The zero-order valence-electron chi connectivity index (χ0n) is 19.9. The lowest BCUT2D eigenvalue weighted by atomic mass is 9.98. The van der Waals surface area contributed by atoms with Crippen LogP contribution in [0.1, 0.15) is 55.4 Å². The number of aldehydes is 1. The highest BCUT2D eigenvalue weighted by molar-refractivity contribution is 5.80. The minimum absolute atomic E-state index is 0.116. The topological polar surface area (TPSA) is 98.5 Å². The number of rotatable bonds is 10. The minimum Gasteiger partial charge on any atom is -0.296 e. The van der Waals surface area contributed by atoms with Crippen LogP contribution < -0.4 is 5.69 Å². The molecule has 0 aliphatic carbocycles. The van der Waals surface area contributed by atoms with Gasteiger partial charge in [0.05, 0.1) is 12.2 Å². The summed E-state index contributed by atoms with van der Waals surface area (Å²) in [6, 6.07) is 16.1. The van der Waals surface area contributed by atoms with Crippen LogP contribution in [0.25, 0.3) is 22.5 Å². The molecule has 2 aromatic carbocycles. The van der Waals surface area contributed by atoms with Crippen molar-refractivity contribution >= 4 is 6.29 Å². The number of hydrogen-bond acceptors (Lipinski definition) is 5. The maximum atomic E-state index is 13.2. The van der Waals surface area contributed by atoms with Crippen LogP contribution in [-0.2, 0) is 19.5 Å². The maximum Gasteiger partial charge on any atom is 0.329 e. The van der Waals surface area contributed by atoms with E-state index in [2.05, 4.69) is 34.5 Å². The summed E-state index contributed by atoms with van der Waals surface area (Å²) in [6.45, 7) is 7.28. The first-order chi connectivity index (χ1) is 16.5. The molecule has 0 aliphatic heterocycles. The van der Waals surface area contributed by atoms with Crippen molar-refractivity contribution in [1.29, 1.82) is 0 Å². The summed E-state index contributed by atoms with van der Waals surface area (Å²) in [4.78, 5) is 25.1. The molecular weight excluding hydrogens is 428 g/mol. The first kappa shape index (κ1) is 23.4. The van der Waals surface area contributed by atoms with Crippen LogP contribution in [0, 0.1) is 5.92 Å². The van der Waals surface area contributed by atoms with Gasteiger partial charge in [-0.2, -0.15) is 0 Å². The number of imidazole rings is 1. The predicted molar refractivity (Wildman–Crippen MR) is 132 cm³/mol. The number of aromatic amines is 1. The fourth-order valence-electron chi connectivity index (χ4n) is 4.27. The Morgan fingerprint density at radius 1 is 1.03 bits per heavy atom. The minimum atomic E-state index is -0.116. The largest absolute Gasteiger partial charge is 0.329 e. The van der Waals surface area contributed by atoms with Crippen LogP contribution in [0.15, 0.2) is 53.3 Å². The van der Waals surface area contributed by atoms with Crippen molar-refractivity contribution in [1.82, 2.24) is 29.8 Å². The van der Waals surface area contributed by atoms with E-state index >= 15 is 0 Å². The van der Waals surface area contributed by atoms with E-state index in [0.717, 1.165) is 47.1 Å². The average Bonchev–Trinajstić information content (AvgIpc) is 3.46. The standard InChI is InChI=1S/C26H30N6O2/c1-4-15-31-24(17-33)23(14-9-18(2)3)32(26(31)34)16-19-10-12-20(13-11-19)21-7-5-6-8-22(21)25-27-29-30-28-25/h5-8,10-13,17-18H,4,9,14-16H2,1-3H3,(H,27,28,29,30). The number of hydrogen-bond donors (Lipinski definition) is 1. The van der Waals surface area contributed by atoms with Gasteiger partial charge in [-0.05, 0) is 52.3 Å². The van der Waals surface area contributed by atoms with Gasteiger partial charge in [-0.1, -0.05) is 69.3 Å². The van der Waals surface area contributed by atoms with Crippen molar-refractivity contribution in [2.75, 3.05) is 0 Å². The van der Waals surface area contributed by atoms with E-state index in [0.29, 0.717) is 36.9 Å². The van der Waals surface area contributed by atoms with E-state index in [1.807, 2.05) is 55.5 Å². The highest BCUT2D eigenvalue weighted by atomic mass is 16.2. The fourth-order valence-corrected chi connectivity index (χ4v) is 4.27. The number of H-pyrrole nitrogens is 1. The third-order valence-electron chi connectivity index (χ3n) is 6.02. The summed E-state index contributed by atoms with van der Waals surface area (Å²) in [5.74, 6) is 1.09. The quantitative estimate of drug-likeness (QED) is 0.356. The highest BCUT2D eigenvalue weighted by Gasteiger charge is 2.19. The molecule has 0 radical (unpaired) electrons. The zero-order chi connectivity index (χ0) is 24.1. The van der Waals surface area contributed by atoms with Crippen LogP contribution in [0.5, 0.6) is 0 Å². The van der Waals surface area contributed by atoms with E-state index in [-0.39, 0.29) is 5.69 Å². The molecule has 0 unspecified atom stereocenters. The second kappa shape index (κ2) is 10.4. The summed E-state index contributed by atoms with van der Waals surface area (Å²) in [6.07, 6.45) is 3.25. The van der Waals surface area contributed by atoms with Gasteiger partial charge in [0.2, 0.25) is 0 Å². The lowest BCUT2D eigenvalue weighted by Gasteiger charge is -2.11. The normalized spacial score (nSPS) is 11.3. The third kappa shape index (κ3) is 4.76. The molecule has 8 nitrogen and oxygen atoms in total. The van der Waals surface area contributed by atoms with Gasteiger partial charge in [0.15, 0.2) is 12.1 Å². The Bertz CT molecular complexity index is 1300. The Hall–Kier alpha value is -3.81. The zero-order valence-corrected chi connectivity index (χ0v) is 19.9. The molecule has 0 spiro atoms. The van der Waals surface area contributed by atoms with E-state index in [1.165, 1.54) is 0 Å². The second-order valence-electron chi connectivity index (χ2n) is 8.90.